The molecule has 0 spiro atoms. The first-order valence-corrected chi connectivity index (χ1v) is 6.82. The van der Waals surface area contributed by atoms with Crippen molar-refractivity contribution in [2.45, 2.75) is 18.9 Å². The molecule has 1 atom stereocenters. The first-order chi connectivity index (χ1) is 10.9. The molecule has 0 radical (unpaired) electrons. The highest BCUT2D eigenvalue weighted by molar-refractivity contribution is 5.67. The van der Waals surface area contributed by atoms with Gasteiger partial charge in [0.1, 0.15) is 5.82 Å². The van der Waals surface area contributed by atoms with Crippen molar-refractivity contribution in [1.82, 2.24) is 0 Å². The lowest BCUT2D eigenvalue weighted by molar-refractivity contribution is -0.385. The number of nitro groups is 1. The molecule has 2 N–H and O–H groups in total. The number of hydrogen-bond donors (Lipinski definition) is 2. The summed E-state index contributed by atoms with van der Waals surface area (Å²) in [5.74, 6) is -1.70. The predicted molar refractivity (Wildman–Crippen MR) is 80.3 cm³/mol. The SMILES string of the molecule is O=C(O)CCC(O)c1ccc(-c2ccc([N+](=O)[O-])cc2F)cc1. The number of carboxylic acid groups (broad SMARTS) is 1. The van der Waals surface area contributed by atoms with Gasteiger partial charge in [-0.2, -0.15) is 0 Å². The largest absolute Gasteiger partial charge is 0.481 e. The minimum absolute atomic E-state index is 0.0839. The molecule has 0 fully saturated rings. The van der Waals surface area contributed by atoms with Crippen LogP contribution in [0, 0.1) is 15.9 Å². The molecule has 1 unspecified atom stereocenters. The molecule has 0 heterocycles. The van der Waals surface area contributed by atoms with Crippen LogP contribution in [0.5, 0.6) is 0 Å². The summed E-state index contributed by atoms with van der Waals surface area (Å²) >= 11 is 0. The van der Waals surface area contributed by atoms with Crippen LogP contribution in [0.25, 0.3) is 11.1 Å². The Labute approximate surface area is 131 Å². The van der Waals surface area contributed by atoms with Gasteiger partial charge in [-0.1, -0.05) is 24.3 Å². The lowest BCUT2D eigenvalue weighted by Crippen LogP contribution is -2.02. The number of halogens is 1. The number of nitro benzene ring substituents is 1. The number of rotatable bonds is 6. The van der Waals surface area contributed by atoms with Gasteiger partial charge in [0.15, 0.2) is 0 Å². The second kappa shape index (κ2) is 6.97. The zero-order valence-electron chi connectivity index (χ0n) is 12.0. The maximum Gasteiger partial charge on any atom is 0.303 e. The zero-order chi connectivity index (χ0) is 17.0. The molecule has 0 saturated heterocycles. The number of benzene rings is 2. The fourth-order valence-electron chi connectivity index (χ4n) is 2.16. The van der Waals surface area contributed by atoms with Crippen molar-refractivity contribution >= 4 is 11.7 Å². The van der Waals surface area contributed by atoms with E-state index in [1.165, 1.54) is 12.1 Å². The number of aliphatic hydroxyl groups excluding tert-OH is 1. The maximum atomic E-state index is 13.9. The lowest BCUT2D eigenvalue weighted by atomic mass is 9.99. The monoisotopic (exact) mass is 319 g/mol. The fourth-order valence-corrected chi connectivity index (χ4v) is 2.16. The van der Waals surface area contributed by atoms with E-state index >= 15 is 0 Å². The first-order valence-electron chi connectivity index (χ1n) is 6.82. The molecule has 0 aliphatic heterocycles. The number of non-ortho nitro benzene ring substituents is 1. The van der Waals surface area contributed by atoms with E-state index in [1.54, 1.807) is 24.3 Å². The van der Waals surface area contributed by atoms with Gasteiger partial charge in [0.05, 0.1) is 17.1 Å². The maximum absolute atomic E-state index is 13.9. The van der Waals surface area contributed by atoms with E-state index in [1.807, 2.05) is 0 Å². The summed E-state index contributed by atoms with van der Waals surface area (Å²) < 4.78 is 13.9. The number of aliphatic hydroxyl groups is 1. The highest BCUT2D eigenvalue weighted by Gasteiger charge is 2.13. The highest BCUT2D eigenvalue weighted by Crippen LogP contribution is 2.28. The summed E-state index contributed by atoms with van der Waals surface area (Å²) in [4.78, 5) is 20.4. The van der Waals surface area contributed by atoms with E-state index in [2.05, 4.69) is 0 Å². The number of carbonyl (C=O) groups is 1. The van der Waals surface area contributed by atoms with E-state index < -0.39 is 22.8 Å². The molecule has 0 amide bonds. The standard InChI is InChI=1S/C16H14FNO5/c17-14-9-12(18(22)23)5-6-13(14)10-1-3-11(4-2-10)15(19)7-8-16(20)21/h1-6,9,15,19H,7-8H2,(H,20,21). The summed E-state index contributed by atoms with van der Waals surface area (Å²) in [5.41, 5.74) is 0.915. The summed E-state index contributed by atoms with van der Waals surface area (Å²) in [6.45, 7) is 0. The van der Waals surface area contributed by atoms with Gasteiger partial charge in [0.2, 0.25) is 0 Å². The molecule has 6 nitrogen and oxygen atoms in total. The third-order valence-electron chi connectivity index (χ3n) is 3.40. The molecule has 0 aliphatic carbocycles. The fraction of sp³-hybridized carbons (Fsp3) is 0.188. The van der Waals surface area contributed by atoms with Crippen LogP contribution in [0.2, 0.25) is 0 Å². The molecule has 7 heteroatoms. The van der Waals surface area contributed by atoms with E-state index in [4.69, 9.17) is 5.11 Å². The van der Waals surface area contributed by atoms with Crippen molar-refractivity contribution in [2.75, 3.05) is 0 Å². The Kier molecular flexibility index (Phi) is 5.02. The van der Waals surface area contributed by atoms with Crippen molar-refractivity contribution in [3.63, 3.8) is 0 Å². The first kappa shape index (κ1) is 16.6. The quantitative estimate of drug-likeness (QED) is 0.628. The Bertz CT molecular complexity index is 730. The molecule has 2 aromatic carbocycles. The lowest BCUT2D eigenvalue weighted by Gasteiger charge is -2.11. The van der Waals surface area contributed by atoms with Crippen molar-refractivity contribution < 1.29 is 24.3 Å². The Morgan fingerprint density at radius 3 is 2.39 bits per heavy atom. The second-order valence-electron chi connectivity index (χ2n) is 4.99. The normalized spacial score (nSPS) is 11.9. The van der Waals surface area contributed by atoms with E-state index in [9.17, 15) is 24.4 Å². The molecule has 2 rings (SSSR count). The number of carboxylic acids is 1. The van der Waals surface area contributed by atoms with Gasteiger partial charge in [-0.3, -0.25) is 14.9 Å². The molecular formula is C16H14FNO5. The summed E-state index contributed by atoms with van der Waals surface area (Å²) in [5, 5.41) is 29.1. The topological polar surface area (TPSA) is 101 Å². The number of hydrogen-bond acceptors (Lipinski definition) is 4. The third kappa shape index (κ3) is 4.10. The Balaban J connectivity index is 2.19. The molecule has 0 aliphatic rings. The van der Waals surface area contributed by atoms with Crippen molar-refractivity contribution in [3.05, 3.63) is 64.0 Å². The summed E-state index contributed by atoms with van der Waals surface area (Å²) in [6.07, 6.45) is -0.984. The van der Waals surface area contributed by atoms with Crippen LogP contribution in [-0.2, 0) is 4.79 Å². The van der Waals surface area contributed by atoms with Crippen LogP contribution >= 0.6 is 0 Å². The van der Waals surface area contributed by atoms with E-state index in [0.717, 1.165) is 6.07 Å². The van der Waals surface area contributed by atoms with Crippen LogP contribution < -0.4 is 0 Å². The summed E-state index contributed by atoms with van der Waals surface area (Å²) in [7, 11) is 0. The Morgan fingerprint density at radius 2 is 1.87 bits per heavy atom. The Hall–Kier alpha value is -2.80. The smallest absolute Gasteiger partial charge is 0.303 e. The van der Waals surface area contributed by atoms with Crippen molar-refractivity contribution in [1.29, 1.82) is 0 Å². The van der Waals surface area contributed by atoms with E-state index in [0.29, 0.717) is 11.1 Å². The van der Waals surface area contributed by atoms with Gasteiger partial charge >= 0.3 is 5.97 Å². The predicted octanol–water partition coefficient (Wildman–Crippen LogP) is 3.30. The molecule has 0 saturated carbocycles. The van der Waals surface area contributed by atoms with Crippen molar-refractivity contribution in [3.8, 4) is 11.1 Å². The van der Waals surface area contributed by atoms with Gasteiger partial charge in [-0.15, -0.1) is 0 Å². The molecule has 0 aromatic heterocycles. The minimum atomic E-state index is -0.992. The summed E-state index contributed by atoms with van der Waals surface area (Å²) in [6, 6.07) is 9.68. The van der Waals surface area contributed by atoms with Gasteiger partial charge in [0.25, 0.3) is 5.69 Å². The average molecular weight is 319 g/mol. The molecule has 0 bridgehead atoms. The number of nitrogens with zero attached hydrogens (tertiary/aromatic N) is 1. The van der Waals surface area contributed by atoms with E-state index in [-0.39, 0.29) is 24.1 Å². The highest BCUT2D eigenvalue weighted by atomic mass is 19.1. The Morgan fingerprint density at radius 1 is 1.22 bits per heavy atom. The zero-order valence-corrected chi connectivity index (χ0v) is 12.0. The van der Waals surface area contributed by atoms with Gasteiger partial charge in [0, 0.05) is 18.1 Å². The third-order valence-corrected chi connectivity index (χ3v) is 3.40. The van der Waals surface area contributed by atoms with Crippen LogP contribution in [0.1, 0.15) is 24.5 Å². The van der Waals surface area contributed by atoms with Gasteiger partial charge < -0.3 is 10.2 Å². The molecule has 23 heavy (non-hydrogen) atoms. The molecular weight excluding hydrogens is 305 g/mol. The minimum Gasteiger partial charge on any atom is -0.481 e. The van der Waals surface area contributed by atoms with Gasteiger partial charge in [-0.05, 0) is 23.6 Å². The van der Waals surface area contributed by atoms with Crippen molar-refractivity contribution in [2.24, 2.45) is 0 Å². The number of aliphatic carboxylic acids is 1. The average Bonchev–Trinajstić information content (AvgIpc) is 2.52. The van der Waals surface area contributed by atoms with Crippen LogP contribution in [0.3, 0.4) is 0 Å². The van der Waals surface area contributed by atoms with Crippen LogP contribution in [-0.4, -0.2) is 21.1 Å². The molecule has 120 valence electrons. The van der Waals surface area contributed by atoms with Crippen LogP contribution in [0.15, 0.2) is 42.5 Å². The van der Waals surface area contributed by atoms with Gasteiger partial charge in [-0.25, -0.2) is 4.39 Å². The van der Waals surface area contributed by atoms with Crippen LogP contribution in [0.4, 0.5) is 10.1 Å². The second-order valence-corrected chi connectivity index (χ2v) is 4.99. The molecule has 2 aromatic rings.